The summed E-state index contributed by atoms with van der Waals surface area (Å²) >= 11 is 0. The molecule has 142 valence electrons. The lowest BCUT2D eigenvalue weighted by molar-refractivity contribution is -0.175. The highest BCUT2D eigenvalue weighted by molar-refractivity contribution is 5.80. The van der Waals surface area contributed by atoms with Crippen LogP contribution >= 0.6 is 0 Å². The lowest BCUT2D eigenvalue weighted by Crippen LogP contribution is -2.43. The van der Waals surface area contributed by atoms with Crippen molar-refractivity contribution in [2.45, 2.75) is 58.4 Å². The zero-order valence-corrected chi connectivity index (χ0v) is 15.2. The van der Waals surface area contributed by atoms with Crippen molar-refractivity contribution in [1.29, 1.82) is 0 Å². The topological polar surface area (TPSA) is 47.6 Å². The Balaban J connectivity index is 2.46. The first-order valence-electron chi connectivity index (χ1n) is 8.10. The van der Waals surface area contributed by atoms with Gasteiger partial charge in [0, 0.05) is 6.04 Å². The molecule has 25 heavy (non-hydrogen) atoms. The van der Waals surface area contributed by atoms with E-state index in [0.29, 0.717) is 5.75 Å². The van der Waals surface area contributed by atoms with Crippen molar-refractivity contribution in [3.63, 3.8) is 0 Å². The fourth-order valence-corrected chi connectivity index (χ4v) is 2.04. The smallest absolute Gasteiger partial charge is 0.411 e. The summed E-state index contributed by atoms with van der Waals surface area (Å²) in [5, 5.41) is 2.57. The molecule has 0 aliphatic rings. The molecule has 1 rings (SSSR count). The molecule has 0 heterocycles. The molecule has 0 saturated carbocycles. The number of rotatable bonds is 7. The first-order chi connectivity index (χ1) is 11.4. The van der Waals surface area contributed by atoms with Gasteiger partial charge in [0.1, 0.15) is 12.4 Å². The first-order valence-corrected chi connectivity index (χ1v) is 8.10. The summed E-state index contributed by atoms with van der Waals surface area (Å²) in [6.07, 6.45) is -5.15. The molecule has 1 N–H and O–H groups in total. The minimum Gasteiger partial charge on any atom is -0.481 e. The van der Waals surface area contributed by atoms with Gasteiger partial charge in [0.05, 0.1) is 6.61 Å². The van der Waals surface area contributed by atoms with Crippen LogP contribution in [0.15, 0.2) is 24.3 Å². The Bertz CT molecular complexity index is 550. The second-order valence-electron chi connectivity index (χ2n) is 7.07. The highest BCUT2D eigenvalue weighted by Crippen LogP contribution is 2.24. The predicted octanol–water partition coefficient (Wildman–Crippen LogP) is 3.84. The zero-order chi connectivity index (χ0) is 19.3. The van der Waals surface area contributed by atoms with Gasteiger partial charge >= 0.3 is 6.18 Å². The molecule has 0 radical (unpaired) electrons. The summed E-state index contributed by atoms with van der Waals surface area (Å²) in [5.74, 6) is 0.139. The molecule has 0 saturated heterocycles. The molecule has 0 spiro atoms. The van der Waals surface area contributed by atoms with Crippen LogP contribution in [0.25, 0.3) is 0 Å². The Morgan fingerprint density at radius 2 is 1.68 bits per heavy atom. The Kier molecular flexibility index (Phi) is 7.29. The maximum atomic E-state index is 12.0. The maximum Gasteiger partial charge on any atom is 0.411 e. The number of halogens is 3. The number of alkyl halides is 3. The van der Waals surface area contributed by atoms with E-state index in [1.165, 1.54) is 0 Å². The standard InChI is InChI=1S/C18H26F3NO3/c1-12(10-24-11-18(19,20)21)22-16(23)13(2)25-15-8-6-14(7-9-15)17(3,4)5/h6-9,12-13H,10-11H2,1-5H3,(H,22,23). The molecule has 0 aromatic heterocycles. The summed E-state index contributed by atoms with van der Waals surface area (Å²) in [4.78, 5) is 12.0. The summed E-state index contributed by atoms with van der Waals surface area (Å²) in [6.45, 7) is 7.89. The molecule has 0 fully saturated rings. The van der Waals surface area contributed by atoms with Gasteiger partial charge in [-0.25, -0.2) is 0 Å². The number of carbonyl (C=O) groups is 1. The van der Waals surface area contributed by atoms with Crippen LogP contribution in [0.4, 0.5) is 13.2 Å². The molecule has 7 heteroatoms. The lowest BCUT2D eigenvalue weighted by Gasteiger charge is -2.21. The molecule has 1 amide bonds. The van der Waals surface area contributed by atoms with E-state index in [1.54, 1.807) is 26.0 Å². The molecule has 0 bridgehead atoms. The maximum absolute atomic E-state index is 12.0. The van der Waals surface area contributed by atoms with E-state index in [9.17, 15) is 18.0 Å². The van der Waals surface area contributed by atoms with Gasteiger partial charge in [0.15, 0.2) is 6.10 Å². The molecular weight excluding hydrogens is 335 g/mol. The Morgan fingerprint density at radius 1 is 1.12 bits per heavy atom. The zero-order valence-electron chi connectivity index (χ0n) is 15.2. The molecule has 2 unspecified atom stereocenters. The van der Waals surface area contributed by atoms with Crippen LogP contribution in [-0.2, 0) is 14.9 Å². The van der Waals surface area contributed by atoms with E-state index in [-0.39, 0.29) is 12.0 Å². The molecule has 2 atom stereocenters. The van der Waals surface area contributed by atoms with E-state index < -0.39 is 30.8 Å². The van der Waals surface area contributed by atoms with Gasteiger partial charge in [-0.2, -0.15) is 13.2 Å². The largest absolute Gasteiger partial charge is 0.481 e. The van der Waals surface area contributed by atoms with E-state index in [0.717, 1.165) is 5.56 Å². The Hall–Kier alpha value is -1.76. The van der Waals surface area contributed by atoms with Crippen molar-refractivity contribution in [2.75, 3.05) is 13.2 Å². The fourth-order valence-electron chi connectivity index (χ4n) is 2.04. The summed E-state index contributed by atoms with van der Waals surface area (Å²) in [5.41, 5.74) is 1.17. The molecule has 4 nitrogen and oxygen atoms in total. The van der Waals surface area contributed by atoms with Crippen LogP contribution in [-0.4, -0.2) is 37.4 Å². The van der Waals surface area contributed by atoms with Crippen LogP contribution < -0.4 is 10.1 Å². The van der Waals surface area contributed by atoms with Gasteiger partial charge < -0.3 is 14.8 Å². The van der Waals surface area contributed by atoms with Crippen LogP contribution in [0.3, 0.4) is 0 Å². The number of amides is 1. The highest BCUT2D eigenvalue weighted by Gasteiger charge is 2.28. The van der Waals surface area contributed by atoms with E-state index in [2.05, 4.69) is 30.8 Å². The van der Waals surface area contributed by atoms with E-state index in [1.807, 2.05) is 12.1 Å². The van der Waals surface area contributed by atoms with Crippen molar-refractivity contribution < 1.29 is 27.4 Å². The molecule has 0 aliphatic heterocycles. The van der Waals surface area contributed by atoms with Crippen LogP contribution in [0.1, 0.15) is 40.2 Å². The summed E-state index contributed by atoms with van der Waals surface area (Å²) in [7, 11) is 0. The fraction of sp³-hybridized carbons (Fsp3) is 0.611. The third-order valence-corrected chi connectivity index (χ3v) is 3.42. The quantitative estimate of drug-likeness (QED) is 0.803. The van der Waals surface area contributed by atoms with Crippen LogP contribution in [0.2, 0.25) is 0 Å². The monoisotopic (exact) mass is 361 g/mol. The van der Waals surface area contributed by atoms with Gasteiger partial charge in [0.25, 0.3) is 5.91 Å². The molecule has 1 aromatic rings. The van der Waals surface area contributed by atoms with Gasteiger partial charge in [-0.3, -0.25) is 4.79 Å². The van der Waals surface area contributed by atoms with Crippen molar-refractivity contribution in [3.8, 4) is 5.75 Å². The summed E-state index contributed by atoms with van der Waals surface area (Å²) in [6, 6.07) is 6.91. The number of carbonyl (C=O) groups excluding carboxylic acids is 1. The number of ether oxygens (including phenoxy) is 2. The normalized spacial score (nSPS) is 14.7. The summed E-state index contributed by atoms with van der Waals surface area (Å²) < 4.78 is 46.1. The van der Waals surface area contributed by atoms with Crippen LogP contribution in [0.5, 0.6) is 5.75 Å². The third-order valence-electron chi connectivity index (χ3n) is 3.42. The first kappa shape index (κ1) is 21.3. The number of hydrogen-bond acceptors (Lipinski definition) is 3. The van der Waals surface area contributed by atoms with Gasteiger partial charge in [0.2, 0.25) is 0 Å². The van der Waals surface area contributed by atoms with Crippen molar-refractivity contribution >= 4 is 5.91 Å². The molecule has 0 aliphatic carbocycles. The minimum atomic E-state index is -4.38. The third kappa shape index (κ3) is 8.25. The molecular formula is C18H26F3NO3. The average molecular weight is 361 g/mol. The number of benzene rings is 1. The van der Waals surface area contributed by atoms with Crippen molar-refractivity contribution in [3.05, 3.63) is 29.8 Å². The lowest BCUT2D eigenvalue weighted by atomic mass is 9.87. The van der Waals surface area contributed by atoms with Crippen LogP contribution in [0, 0.1) is 0 Å². The van der Waals surface area contributed by atoms with E-state index in [4.69, 9.17) is 4.74 Å². The number of nitrogens with one attached hydrogen (secondary N) is 1. The Morgan fingerprint density at radius 3 is 2.16 bits per heavy atom. The van der Waals surface area contributed by atoms with Crippen molar-refractivity contribution in [1.82, 2.24) is 5.32 Å². The minimum absolute atomic E-state index is 0.0212. The Labute approximate surface area is 146 Å². The average Bonchev–Trinajstić information content (AvgIpc) is 2.45. The highest BCUT2D eigenvalue weighted by atomic mass is 19.4. The second-order valence-corrected chi connectivity index (χ2v) is 7.07. The van der Waals surface area contributed by atoms with E-state index >= 15 is 0 Å². The second kappa shape index (κ2) is 8.56. The predicted molar refractivity (Wildman–Crippen MR) is 89.7 cm³/mol. The SMILES string of the molecule is CC(COCC(F)(F)F)NC(=O)C(C)Oc1ccc(C(C)(C)C)cc1. The number of hydrogen-bond donors (Lipinski definition) is 1. The van der Waals surface area contributed by atoms with Crippen molar-refractivity contribution in [2.24, 2.45) is 0 Å². The van der Waals surface area contributed by atoms with Gasteiger partial charge in [-0.1, -0.05) is 32.9 Å². The van der Waals surface area contributed by atoms with Gasteiger partial charge in [-0.05, 0) is 37.0 Å². The molecule has 1 aromatic carbocycles. The van der Waals surface area contributed by atoms with Gasteiger partial charge in [-0.15, -0.1) is 0 Å².